The van der Waals surface area contributed by atoms with Gasteiger partial charge in [-0.1, -0.05) is 6.07 Å². The lowest BCUT2D eigenvalue weighted by molar-refractivity contribution is 0.181. The van der Waals surface area contributed by atoms with E-state index in [0.717, 1.165) is 25.2 Å². The predicted molar refractivity (Wildman–Crippen MR) is 135 cm³/mol. The van der Waals surface area contributed by atoms with Crippen molar-refractivity contribution in [2.45, 2.75) is 32.9 Å². The van der Waals surface area contributed by atoms with E-state index in [1.54, 1.807) is 33.9 Å². The van der Waals surface area contributed by atoms with Gasteiger partial charge in [0.1, 0.15) is 17.8 Å². The van der Waals surface area contributed by atoms with Crippen LogP contribution in [0.5, 0.6) is 0 Å². The molecule has 11 heteroatoms. The number of ether oxygens (including phenoxy) is 1. The van der Waals surface area contributed by atoms with Crippen LogP contribution >= 0.6 is 0 Å². The highest BCUT2D eigenvalue weighted by atomic mass is 16.6. The van der Waals surface area contributed by atoms with Crippen molar-refractivity contribution in [1.29, 1.82) is 0 Å². The maximum atomic E-state index is 13.3. The second-order valence-electron chi connectivity index (χ2n) is 9.16. The Balaban J connectivity index is 1.44. The van der Waals surface area contributed by atoms with E-state index in [2.05, 4.69) is 32.7 Å². The maximum Gasteiger partial charge on any atom is 0.415 e. The van der Waals surface area contributed by atoms with Crippen LogP contribution in [0.4, 0.5) is 22.2 Å². The number of carbonyl (C=O) groups excluding carboxylic acids is 1. The van der Waals surface area contributed by atoms with Crippen molar-refractivity contribution in [3.8, 4) is 5.69 Å². The first-order valence-electron chi connectivity index (χ1n) is 12.0. The molecule has 1 fully saturated rings. The number of carbonyl (C=O) groups is 1. The van der Waals surface area contributed by atoms with Crippen LogP contribution in [0.15, 0.2) is 47.5 Å². The van der Waals surface area contributed by atoms with Gasteiger partial charge >= 0.3 is 6.09 Å². The maximum absolute atomic E-state index is 13.3. The number of anilines is 3. The van der Waals surface area contributed by atoms with E-state index in [4.69, 9.17) is 9.72 Å². The Morgan fingerprint density at radius 1 is 1.11 bits per heavy atom. The molecule has 6 rings (SSSR count). The number of pyridine rings is 1. The molecule has 3 aromatic heterocycles. The van der Waals surface area contributed by atoms with Gasteiger partial charge in [0.05, 0.1) is 12.2 Å². The Hall–Kier alpha value is -4.25. The van der Waals surface area contributed by atoms with Crippen LogP contribution in [0.1, 0.15) is 31.0 Å². The number of cyclic esters (lactones) is 1. The van der Waals surface area contributed by atoms with Gasteiger partial charge in [0.2, 0.25) is 5.95 Å². The molecule has 0 spiro atoms. The first-order chi connectivity index (χ1) is 17.5. The third kappa shape index (κ3) is 3.77. The summed E-state index contributed by atoms with van der Waals surface area (Å²) in [6.45, 7) is 6.44. The number of nitrogens with one attached hydrogen (secondary N) is 2. The van der Waals surface area contributed by atoms with Gasteiger partial charge in [-0.3, -0.25) is 9.69 Å². The molecule has 11 nitrogen and oxygen atoms in total. The summed E-state index contributed by atoms with van der Waals surface area (Å²) >= 11 is 0. The fourth-order valence-electron chi connectivity index (χ4n) is 4.75. The molecular formula is C25H26N8O3. The highest BCUT2D eigenvalue weighted by Gasteiger charge is 2.26. The van der Waals surface area contributed by atoms with Crippen LogP contribution in [0.2, 0.25) is 0 Å². The quantitative estimate of drug-likeness (QED) is 0.442. The van der Waals surface area contributed by atoms with Crippen molar-refractivity contribution in [2.24, 2.45) is 0 Å². The summed E-state index contributed by atoms with van der Waals surface area (Å²) in [7, 11) is 0. The number of hydrogen-bond acceptors (Lipinski definition) is 8. The minimum absolute atomic E-state index is 0.147. The summed E-state index contributed by atoms with van der Waals surface area (Å²) in [6, 6.07) is 9.64. The molecule has 2 aliphatic rings. The van der Waals surface area contributed by atoms with E-state index in [9.17, 15) is 9.59 Å². The van der Waals surface area contributed by atoms with Gasteiger partial charge in [0.25, 0.3) is 5.56 Å². The monoisotopic (exact) mass is 486 g/mol. The van der Waals surface area contributed by atoms with Crippen LogP contribution in [0.25, 0.3) is 16.7 Å². The predicted octanol–water partition coefficient (Wildman–Crippen LogP) is 2.90. The Kier molecular flexibility index (Phi) is 5.41. The molecular weight excluding hydrogens is 460 g/mol. The average Bonchev–Trinajstić information content (AvgIpc) is 3.44. The molecule has 2 aliphatic heterocycles. The lowest BCUT2D eigenvalue weighted by Gasteiger charge is -2.18. The van der Waals surface area contributed by atoms with Gasteiger partial charge in [-0.2, -0.15) is 4.98 Å². The molecule has 4 aromatic rings. The molecule has 5 heterocycles. The summed E-state index contributed by atoms with van der Waals surface area (Å²) < 4.78 is 8.46. The van der Waals surface area contributed by atoms with Crippen LogP contribution in [0, 0.1) is 0 Å². The molecule has 184 valence electrons. The van der Waals surface area contributed by atoms with E-state index in [0.29, 0.717) is 41.6 Å². The van der Waals surface area contributed by atoms with Gasteiger partial charge in [-0.05, 0) is 56.1 Å². The molecule has 0 aliphatic carbocycles. The molecule has 36 heavy (non-hydrogen) atoms. The van der Waals surface area contributed by atoms with Crippen molar-refractivity contribution >= 4 is 34.6 Å². The minimum Gasteiger partial charge on any atom is -0.447 e. The third-order valence-electron chi connectivity index (χ3n) is 6.47. The normalized spacial score (nSPS) is 15.4. The molecule has 1 saturated heterocycles. The molecule has 0 radical (unpaired) electrons. The highest BCUT2D eigenvalue weighted by Crippen LogP contribution is 2.25. The van der Waals surface area contributed by atoms with Gasteiger partial charge in [-0.25, -0.2) is 24.1 Å². The molecule has 0 saturated carbocycles. The largest absolute Gasteiger partial charge is 0.447 e. The number of hydrogen-bond donors (Lipinski definition) is 2. The smallest absolute Gasteiger partial charge is 0.415 e. The fourth-order valence-corrected chi connectivity index (χ4v) is 4.75. The SMILES string of the molecule is CC(C)n1c(=O)c2cnc(Nc3ccc4c(c3)CCNC4)nc2n1-c1ccnc(N2CCOC2=O)c1. The van der Waals surface area contributed by atoms with E-state index in [1.807, 2.05) is 19.9 Å². The van der Waals surface area contributed by atoms with Crippen molar-refractivity contribution in [2.75, 3.05) is 29.9 Å². The molecule has 1 amide bonds. The van der Waals surface area contributed by atoms with Crippen molar-refractivity contribution in [3.05, 3.63) is 64.2 Å². The van der Waals surface area contributed by atoms with Crippen molar-refractivity contribution in [1.82, 2.24) is 29.6 Å². The fraction of sp³-hybridized carbons (Fsp3) is 0.320. The standard InChI is InChI=1S/C25H26N8O3/c1-15(2)32-23(34)20-14-28-24(29-18-4-3-17-13-26-7-5-16(17)11-18)30-22(20)33(32)19-6-8-27-21(12-19)31-9-10-36-25(31)35/h3-4,6,8,11-12,14-15,26H,5,7,9-10,13H2,1-2H3,(H,28,29,30). The second-order valence-corrected chi connectivity index (χ2v) is 9.16. The van der Waals surface area contributed by atoms with E-state index < -0.39 is 6.09 Å². The topological polar surface area (TPSA) is 119 Å². The number of aromatic nitrogens is 5. The number of fused-ring (bicyclic) bond motifs is 2. The van der Waals surface area contributed by atoms with Crippen LogP contribution in [-0.2, 0) is 17.7 Å². The second kappa shape index (κ2) is 8.76. The Labute approximate surface area is 206 Å². The lowest BCUT2D eigenvalue weighted by atomic mass is 10.0. The van der Waals surface area contributed by atoms with Gasteiger partial charge in [0, 0.05) is 36.7 Å². The summed E-state index contributed by atoms with van der Waals surface area (Å²) in [6.07, 6.45) is 3.70. The first kappa shape index (κ1) is 22.2. The van der Waals surface area contributed by atoms with Crippen LogP contribution in [-0.4, -0.2) is 50.1 Å². The Bertz CT molecular complexity index is 1540. The lowest BCUT2D eigenvalue weighted by Crippen LogP contribution is -2.26. The molecule has 0 unspecified atom stereocenters. The number of rotatable bonds is 5. The average molecular weight is 487 g/mol. The zero-order valence-corrected chi connectivity index (χ0v) is 20.1. The van der Waals surface area contributed by atoms with Crippen molar-refractivity contribution < 1.29 is 9.53 Å². The summed E-state index contributed by atoms with van der Waals surface area (Å²) in [5.74, 6) is 0.846. The van der Waals surface area contributed by atoms with Gasteiger partial charge < -0.3 is 15.4 Å². The van der Waals surface area contributed by atoms with Gasteiger partial charge in [0.15, 0.2) is 5.65 Å². The zero-order chi connectivity index (χ0) is 24.8. The molecule has 1 aromatic carbocycles. The van der Waals surface area contributed by atoms with E-state index in [-0.39, 0.29) is 11.6 Å². The number of benzene rings is 1. The van der Waals surface area contributed by atoms with E-state index in [1.165, 1.54) is 16.0 Å². The highest BCUT2D eigenvalue weighted by molar-refractivity contribution is 5.88. The number of nitrogens with zero attached hydrogens (tertiary/aromatic N) is 6. The minimum atomic E-state index is -0.437. The molecule has 2 N–H and O–H groups in total. The van der Waals surface area contributed by atoms with Crippen LogP contribution < -0.4 is 21.1 Å². The van der Waals surface area contributed by atoms with Gasteiger partial charge in [-0.15, -0.1) is 0 Å². The Morgan fingerprint density at radius 2 is 2.00 bits per heavy atom. The van der Waals surface area contributed by atoms with E-state index >= 15 is 0 Å². The molecule has 0 atom stereocenters. The number of amides is 1. The third-order valence-corrected chi connectivity index (χ3v) is 6.47. The summed E-state index contributed by atoms with van der Waals surface area (Å²) in [5.41, 5.74) is 4.42. The molecule has 0 bridgehead atoms. The summed E-state index contributed by atoms with van der Waals surface area (Å²) in [5, 5.41) is 7.08. The summed E-state index contributed by atoms with van der Waals surface area (Å²) in [4.78, 5) is 40.4. The van der Waals surface area contributed by atoms with Crippen molar-refractivity contribution in [3.63, 3.8) is 0 Å². The van der Waals surface area contributed by atoms with Crippen LogP contribution in [0.3, 0.4) is 0 Å². The zero-order valence-electron chi connectivity index (χ0n) is 20.1. The Morgan fingerprint density at radius 3 is 2.81 bits per heavy atom. The first-order valence-corrected chi connectivity index (χ1v) is 12.0.